The molecule has 1 unspecified atom stereocenters. The maximum absolute atomic E-state index is 11.1. The second-order valence-corrected chi connectivity index (χ2v) is 2.69. The fourth-order valence-corrected chi connectivity index (χ4v) is 0.753. The van der Waals surface area contributed by atoms with E-state index in [0.29, 0.717) is 5.82 Å². The Morgan fingerprint density at radius 2 is 2.25 bits per heavy atom. The van der Waals surface area contributed by atoms with E-state index in [2.05, 4.69) is 9.97 Å². The molecule has 0 saturated carbocycles. The van der Waals surface area contributed by atoms with Crippen molar-refractivity contribution in [2.45, 2.75) is 19.9 Å². The lowest BCUT2D eigenvalue weighted by Crippen LogP contribution is -2.19. The first-order chi connectivity index (χ1) is 5.52. The Hall–Kier alpha value is -1.36. The van der Waals surface area contributed by atoms with Crippen LogP contribution in [-0.4, -0.2) is 15.1 Å². The van der Waals surface area contributed by atoms with Crippen molar-refractivity contribution in [1.29, 1.82) is 0 Å². The molecule has 1 heterocycles. The monoisotopic (exact) mass is 169 g/mol. The summed E-state index contributed by atoms with van der Waals surface area (Å²) in [5.41, 5.74) is 5.31. The van der Waals surface area contributed by atoms with Crippen LogP contribution >= 0.6 is 0 Å². The van der Waals surface area contributed by atoms with Crippen molar-refractivity contribution in [3.8, 4) is 5.88 Å². The van der Waals surface area contributed by atoms with Gasteiger partial charge in [-0.25, -0.2) is 0 Å². The van der Waals surface area contributed by atoms with Gasteiger partial charge in [-0.15, -0.1) is 0 Å². The largest absolute Gasteiger partial charge is 0.493 e. The molecule has 0 radical (unpaired) electrons. The standard InChI is InChI=1S/C7H11N3O2/c1-3-6(11)9-5(4(2)8)10-7(3)12/h4H,8H2,1-2H3,(H2,9,10,11,12). The summed E-state index contributed by atoms with van der Waals surface area (Å²) in [6, 6.07) is -0.385. The van der Waals surface area contributed by atoms with Gasteiger partial charge in [0.1, 0.15) is 5.82 Å². The fourth-order valence-electron chi connectivity index (χ4n) is 0.753. The van der Waals surface area contributed by atoms with Crippen LogP contribution < -0.4 is 11.3 Å². The van der Waals surface area contributed by atoms with E-state index in [4.69, 9.17) is 10.8 Å². The second kappa shape index (κ2) is 2.94. The van der Waals surface area contributed by atoms with Crippen LogP contribution in [-0.2, 0) is 0 Å². The van der Waals surface area contributed by atoms with Crippen LogP contribution in [0.3, 0.4) is 0 Å². The van der Waals surface area contributed by atoms with Gasteiger partial charge >= 0.3 is 0 Å². The number of aromatic amines is 1. The topological polar surface area (TPSA) is 92.0 Å². The van der Waals surface area contributed by atoms with E-state index in [1.54, 1.807) is 6.92 Å². The number of aromatic nitrogens is 2. The maximum atomic E-state index is 11.1. The van der Waals surface area contributed by atoms with Gasteiger partial charge in [-0.3, -0.25) is 4.79 Å². The lowest BCUT2D eigenvalue weighted by Gasteiger charge is -2.04. The van der Waals surface area contributed by atoms with Gasteiger partial charge in [-0.1, -0.05) is 0 Å². The van der Waals surface area contributed by atoms with Gasteiger partial charge in [0.15, 0.2) is 0 Å². The lowest BCUT2D eigenvalue weighted by molar-refractivity contribution is 0.440. The number of H-pyrrole nitrogens is 1. The minimum Gasteiger partial charge on any atom is -0.493 e. The molecule has 4 N–H and O–H groups in total. The highest BCUT2D eigenvalue weighted by atomic mass is 16.3. The first kappa shape index (κ1) is 8.73. The zero-order valence-corrected chi connectivity index (χ0v) is 6.96. The van der Waals surface area contributed by atoms with Crippen molar-refractivity contribution in [3.63, 3.8) is 0 Å². The van der Waals surface area contributed by atoms with Gasteiger partial charge in [0.05, 0.1) is 11.6 Å². The lowest BCUT2D eigenvalue weighted by atomic mass is 10.3. The third-order valence-corrected chi connectivity index (χ3v) is 1.58. The molecule has 0 spiro atoms. The van der Waals surface area contributed by atoms with Crippen molar-refractivity contribution in [2.75, 3.05) is 0 Å². The maximum Gasteiger partial charge on any atom is 0.257 e. The van der Waals surface area contributed by atoms with Gasteiger partial charge < -0.3 is 15.8 Å². The van der Waals surface area contributed by atoms with Crippen LogP contribution in [0.15, 0.2) is 4.79 Å². The molecule has 0 aliphatic rings. The Morgan fingerprint density at radius 1 is 1.67 bits per heavy atom. The zero-order valence-electron chi connectivity index (χ0n) is 6.96. The number of nitrogens with two attached hydrogens (primary N) is 1. The Labute approximate surface area is 69.3 Å². The molecule has 0 fully saturated rings. The van der Waals surface area contributed by atoms with E-state index < -0.39 is 0 Å². The summed E-state index contributed by atoms with van der Waals surface area (Å²) >= 11 is 0. The quantitative estimate of drug-likeness (QED) is 0.543. The van der Waals surface area contributed by atoms with Crippen LogP contribution in [0.25, 0.3) is 0 Å². The minimum atomic E-state index is -0.385. The molecule has 1 rings (SSSR count). The molecule has 1 aromatic heterocycles. The third-order valence-electron chi connectivity index (χ3n) is 1.58. The highest BCUT2D eigenvalue weighted by Crippen LogP contribution is 2.09. The molecular weight excluding hydrogens is 158 g/mol. The van der Waals surface area contributed by atoms with Crippen LogP contribution in [0.4, 0.5) is 0 Å². The first-order valence-electron chi connectivity index (χ1n) is 3.57. The average Bonchev–Trinajstić information content (AvgIpc) is 1.99. The van der Waals surface area contributed by atoms with E-state index in [0.717, 1.165) is 0 Å². The zero-order chi connectivity index (χ0) is 9.30. The fraction of sp³-hybridized carbons (Fsp3) is 0.429. The summed E-state index contributed by atoms with van der Waals surface area (Å²) in [4.78, 5) is 17.2. The van der Waals surface area contributed by atoms with Gasteiger partial charge in [0.25, 0.3) is 5.56 Å². The summed E-state index contributed by atoms with van der Waals surface area (Å²) < 4.78 is 0. The average molecular weight is 169 g/mol. The molecule has 12 heavy (non-hydrogen) atoms. The van der Waals surface area contributed by atoms with Gasteiger partial charge in [0.2, 0.25) is 5.88 Å². The van der Waals surface area contributed by atoms with Crippen molar-refractivity contribution in [1.82, 2.24) is 9.97 Å². The van der Waals surface area contributed by atoms with Crippen LogP contribution in [0.2, 0.25) is 0 Å². The Balaban J connectivity index is 3.31. The van der Waals surface area contributed by atoms with Crippen molar-refractivity contribution in [3.05, 3.63) is 21.7 Å². The SMILES string of the molecule is Cc1c(O)nc(C(C)N)[nH]c1=O. The number of hydrogen-bond donors (Lipinski definition) is 3. The van der Waals surface area contributed by atoms with Crippen molar-refractivity contribution >= 4 is 0 Å². The normalized spacial score (nSPS) is 12.9. The van der Waals surface area contributed by atoms with Crippen molar-refractivity contribution in [2.24, 2.45) is 5.73 Å². The number of aromatic hydroxyl groups is 1. The summed E-state index contributed by atoms with van der Waals surface area (Å²) in [6.07, 6.45) is 0. The predicted molar refractivity (Wildman–Crippen MR) is 43.9 cm³/mol. The Bertz CT molecular complexity index is 343. The van der Waals surface area contributed by atoms with E-state index >= 15 is 0 Å². The molecule has 5 heteroatoms. The minimum absolute atomic E-state index is 0.208. The molecule has 0 aliphatic carbocycles. The van der Waals surface area contributed by atoms with E-state index in [-0.39, 0.29) is 23.0 Å². The first-order valence-corrected chi connectivity index (χ1v) is 3.57. The summed E-state index contributed by atoms with van der Waals surface area (Å²) in [6.45, 7) is 3.17. The van der Waals surface area contributed by atoms with Crippen LogP contribution in [0.5, 0.6) is 5.88 Å². The molecule has 0 amide bonds. The van der Waals surface area contributed by atoms with Gasteiger partial charge in [0, 0.05) is 0 Å². The van der Waals surface area contributed by atoms with Crippen molar-refractivity contribution < 1.29 is 5.11 Å². The summed E-state index contributed by atoms with van der Waals surface area (Å²) in [7, 11) is 0. The summed E-state index contributed by atoms with van der Waals surface area (Å²) in [5.74, 6) is 0.0363. The molecule has 1 aromatic rings. The molecule has 0 bridgehead atoms. The molecular formula is C7H11N3O2. The van der Waals surface area contributed by atoms with Gasteiger partial charge in [-0.2, -0.15) is 4.98 Å². The number of rotatable bonds is 1. The highest BCUT2D eigenvalue weighted by Gasteiger charge is 2.07. The Morgan fingerprint density at radius 3 is 2.67 bits per heavy atom. The molecule has 1 atom stereocenters. The molecule has 0 aliphatic heterocycles. The number of nitrogens with zero attached hydrogens (tertiary/aromatic N) is 1. The Kier molecular flexibility index (Phi) is 2.14. The highest BCUT2D eigenvalue weighted by molar-refractivity contribution is 5.20. The predicted octanol–water partition coefficient (Wildman–Crippen LogP) is -0.196. The molecule has 5 nitrogen and oxygen atoms in total. The van der Waals surface area contributed by atoms with E-state index in [1.807, 2.05) is 0 Å². The second-order valence-electron chi connectivity index (χ2n) is 2.69. The van der Waals surface area contributed by atoms with E-state index in [1.165, 1.54) is 6.92 Å². The van der Waals surface area contributed by atoms with E-state index in [9.17, 15) is 4.79 Å². The molecule has 66 valence electrons. The van der Waals surface area contributed by atoms with Crippen LogP contribution in [0, 0.1) is 6.92 Å². The number of hydrogen-bond acceptors (Lipinski definition) is 4. The van der Waals surface area contributed by atoms with Gasteiger partial charge in [-0.05, 0) is 13.8 Å². The smallest absolute Gasteiger partial charge is 0.257 e. The van der Waals surface area contributed by atoms with Crippen LogP contribution in [0.1, 0.15) is 24.4 Å². The molecule has 0 saturated heterocycles. The molecule has 0 aromatic carbocycles. The number of nitrogens with one attached hydrogen (secondary N) is 1. The third kappa shape index (κ3) is 1.45. The summed E-state index contributed by atoms with van der Waals surface area (Å²) in [5, 5.41) is 9.14.